The van der Waals surface area contributed by atoms with Crippen LogP contribution < -0.4 is 10.1 Å². The molecule has 0 spiro atoms. The fourth-order valence-electron chi connectivity index (χ4n) is 3.41. The third-order valence-electron chi connectivity index (χ3n) is 5.41. The lowest BCUT2D eigenvalue weighted by atomic mass is 9.78. The molecule has 0 atom stereocenters. The minimum absolute atomic E-state index is 0.0877. The number of nitrogens with zero attached hydrogens (tertiary/aromatic N) is 1. The predicted octanol–water partition coefficient (Wildman–Crippen LogP) is 4.87. The van der Waals surface area contributed by atoms with Gasteiger partial charge in [-0.3, -0.25) is 4.79 Å². The molecular weight excluding hydrogens is 388 g/mol. The van der Waals surface area contributed by atoms with Crippen molar-refractivity contribution in [2.45, 2.75) is 32.3 Å². The Hall–Kier alpha value is -3.05. The molecule has 3 rings (SSSR count). The van der Waals surface area contributed by atoms with Crippen molar-refractivity contribution < 1.29 is 13.9 Å². The average molecular weight is 421 g/mol. The van der Waals surface area contributed by atoms with Crippen LogP contribution in [0, 0.1) is 0 Å². The standard InChI is InChI=1S/C26H32N2O3/c1-26(2,20-9-6-5-7-10-20)21-11-13-22(14-12-21)30-19-23-15-16-24(31-23)25(29)27-17-8-18-28(3)4/h5-7,9-16H,8,17-19H2,1-4H3,(H,27,29). The van der Waals surface area contributed by atoms with E-state index in [0.717, 1.165) is 18.7 Å². The van der Waals surface area contributed by atoms with Crippen LogP contribution in [-0.2, 0) is 12.0 Å². The van der Waals surface area contributed by atoms with Crippen LogP contribution in [0.3, 0.4) is 0 Å². The van der Waals surface area contributed by atoms with E-state index < -0.39 is 0 Å². The van der Waals surface area contributed by atoms with Crippen LogP contribution in [0.2, 0.25) is 0 Å². The number of hydrogen-bond acceptors (Lipinski definition) is 4. The lowest BCUT2D eigenvalue weighted by molar-refractivity contribution is 0.0920. The van der Waals surface area contributed by atoms with E-state index in [-0.39, 0.29) is 17.9 Å². The molecule has 2 aromatic carbocycles. The van der Waals surface area contributed by atoms with Gasteiger partial charge in [0.1, 0.15) is 18.1 Å². The topological polar surface area (TPSA) is 54.7 Å². The molecule has 0 fully saturated rings. The summed E-state index contributed by atoms with van der Waals surface area (Å²) in [6.07, 6.45) is 0.895. The molecular formula is C26H32N2O3. The molecule has 0 aliphatic heterocycles. The van der Waals surface area contributed by atoms with Crippen molar-refractivity contribution in [3.63, 3.8) is 0 Å². The summed E-state index contributed by atoms with van der Waals surface area (Å²) in [6, 6.07) is 22.1. The maximum absolute atomic E-state index is 12.2. The highest BCUT2D eigenvalue weighted by Crippen LogP contribution is 2.32. The van der Waals surface area contributed by atoms with Crippen molar-refractivity contribution in [1.82, 2.24) is 10.2 Å². The lowest BCUT2D eigenvalue weighted by Crippen LogP contribution is -2.26. The fraction of sp³-hybridized carbons (Fsp3) is 0.346. The SMILES string of the molecule is CN(C)CCCNC(=O)c1ccc(COc2ccc(C(C)(C)c3ccccc3)cc2)o1. The molecule has 5 heteroatoms. The normalized spacial score (nSPS) is 11.5. The number of carbonyl (C=O) groups excluding carboxylic acids is 1. The second-order valence-electron chi connectivity index (χ2n) is 8.48. The quantitative estimate of drug-likeness (QED) is 0.476. The number of benzene rings is 2. The summed E-state index contributed by atoms with van der Waals surface area (Å²) in [5.74, 6) is 1.49. The molecule has 1 N–H and O–H groups in total. The van der Waals surface area contributed by atoms with E-state index in [1.54, 1.807) is 12.1 Å². The summed E-state index contributed by atoms with van der Waals surface area (Å²) in [4.78, 5) is 14.3. The van der Waals surface area contributed by atoms with Gasteiger partial charge in [0.2, 0.25) is 0 Å². The zero-order chi connectivity index (χ0) is 22.3. The second-order valence-corrected chi connectivity index (χ2v) is 8.48. The van der Waals surface area contributed by atoms with Crippen LogP contribution in [-0.4, -0.2) is 38.0 Å². The van der Waals surface area contributed by atoms with Crippen LogP contribution in [0.4, 0.5) is 0 Å². The fourth-order valence-corrected chi connectivity index (χ4v) is 3.41. The highest BCUT2D eigenvalue weighted by molar-refractivity contribution is 5.91. The highest BCUT2D eigenvalue weighted by atomic mass is 16.5. The summed E-state index contributed by atoms with van der Waals surface area (Å²) < 4.78 is 11.5. The van der Waals surface area contributed by atoms with E-state index >= 15 is 0 Å². The number of hydrogen-bond donors (Lipinski definition) is 1. The van der Waals surface area contributed by atoms with Gasteiger partial charge in [-0.2, -0.15) is 0 Å². The Labute approximate surface area is 185 Å². The molecule has 31 heavy (non-hydrogen) atoms. The molecule has 3 aromatic rings. The van der Waals surface area contributed by atoms with E-state index in [0.29, 0.717) is 18.1 Å². The molecule has 0 saturated carbocycles. The molecule has 0 saturated heterocycles. The van der Waals surface area contributed by atoms with Crippen LogP contribution in [0.15, 0.2) is 71.1 Å². The van der Waals surface area contributed by atoms with E-state index in [4.69, 9.17) is 9.15 Å². The molecule has 0 aliphatic rings. The number of furan rings is 1. The number of rotatable bonds is 10. The lowest BCUT2D eigenvalue weighted by Gasteiger charge is -2.26. The Kier molecular flexibility index (Phi) is 7.53. The van der Waals surface area contributed by atoms with Gasteiger partial charge in [0.15, 0.2) is 5.76 Å². The maximum Gasteiger partial charge on any atom is 0.286 e. The number of ether oxygens (including phenoxy) is 1. The van der Waals surface area contributed by atoms with Crippen molar-refractivity contribution in [3.05, 3.63) is 89.4 Å². The van der Waals surface area contributed by atoms with Gasteiger partial charge in [-0.1, -0.05) is 56.3 Å². The van der Waals surface area contributed by atoms with Gasteiger partial charge in [0.25, 0.3) is 5.91 Å². The predicted molar refractivity (Wildman–Crippen MR) is 124 cm³/mol. The number of nitrogens with one attached hydrogen (secondary N) is 1. The average Bonchev–Trinajstić information content (AvgIpc) is 3.25. The summed E-state index contributed by atoms with van der Waals surface area (Å²) >= 11 is 0. The first kappa shape index (κ1) is 22.6. The first-order valence-electron chi connectivity index (χ1n) is 10.7. The zero-order valence-electron chi connectivity index (χ0n) is 18.9. The van der Waals surface area contributed by atoms with Gasteiger partial charge in [0, 0.05) is 12.0 Å². The molecule has 5 nitrogen and oxygen atoms in total. The Morgan fingerprint density at radius 2 is 1.65 bits per heavy atom. The van der Waals surface area contributed by atoms with Gasteiger partial charge >= 0.3 is 0 Å². The third kappa shape index (κ3) is 6.22. The monoisotopic (exact) mass is 420 g/mol. The number of amides is 1. The second kappa shape index (κ2) is 10.3. The molecule has 1 amide bonds. The van der Waals surface area contributed by atoms with Crippen molar-refractivity contribution >= 4 is 5.91 Å². The van der Waals surface area contributed by atoms with Crippen molar-refractivity contribution in [3.8, 4) is 5.75 Å². The zero-order valence-corrected chi connectivity index (χ0v) is 18.9. The van der Waals surface area contributed by atoms with Gasteiger partial charge in [-0.25, -0.2) is 0 Å². The summed E-state index contributed by atoms with van der Waals surface area (Å²) in [5, 5.41) is 2.88. The van der Waals surface area contributed by atoms with Gasteiger partial charge in [0.05, 0.1) is 0 Å². The largest absolute Gasteiger partial charge is 0.486 e. The van der Waals surface area contributed by atoms with Crippen LogP contribution >= 0.6 is 0 Å². The van der Waals surface area contributed by atoms with Crippen molar-refractivity contribution in [1.29, 1.82) is 0 Å². The molecule has 1 aromatic heterocycles. The van der Waals surface area contributed by atoms with E-state index in [1.807, 2.05) is 32.3 Å². The summed E-state index contributed by atoms with van der Waals surface area (Å²) in [6.45, 7) is 6.26. The molecule has 0 unspecified atom stereocenters. The Morgan fingerprint density at radius 1 is 0.968 bits per heavy atom. The molecule has 0 bridgehead atoms. The van der Waals surface area contributed by atoms with Crippen LogP contribution in [0.1, 0.15) is 47.7 Å². The highest BCUT2D eigenvalue weighted by Gasteiger charge is 2.22. The Bertz CT molecular complexity index is 960. The summed E-state index contributed by atoms with van der Waals surface area (Å²) in [7, 11) is 4.02. The Morgan fingerprint density at radius 3 is 2.32 bits per heavy atom. The first-order chi connectivity index (χ1) is 14.9. The molecule has 0 radical (unpaired) electrons. The van der Waals surface area contributed by atoms with Gasteiger partial charge in [-0.15, -0.1) is 0 Å². The Balaban J connectivity index is 1.52. The molecule has 0 aliphatic carbocycles. The first-order valence-corrected chi connectivity index (χ1v) is 10.7. The minimum atomic E-state index is -0.197. The van der Waals surface area contributed by atoms with Crippen LogP contribution in [0.25, 0.3) is 0 Å². The number of carbonyl (C=O) groups is 1. The van der Waals surface area contributed by atoms with Crippen LogP contribution in [0.5, 0.6) is 5.75 Å². The third-order valence-corrected chi connectivity index (χ3v) is 5.41. The maximum atomic E-state index is 12.2. The smallest absolute Gasteiger partial charge is 0.286 e. The minimum Gasteiger partial charge on any atom is -0.486 e. The van der Waals surface area contributed by atoms with Crippen molar-refractivity contribution in [2.75, 3.05) is 27.2 Å². The summed E-state index contributed by atoms with van der Waals surface area (Å²) in [5.41, 5.74) is 2.40. The van der Waals surface area contributed by atoms with Gasteiger partial charge in [-0.05, 0) is 62.5 Å². The van der Waals surface area contributed by atoms with E-state index in [2.05, 4.69) is 60.5 Å². The van der Waals surface area contributed by atoms with Crippen molar-refractivity contribution in [2.24, 2.45) is 0 Å². The van der Waals surface area contributed by atoms with E-state index in [9.17, 15) is 4.79 Å². The molecule has 1 heterocycles. The van der Waals surface area contributed by atoms with Gasteiger partial charge < -0.3 is 19.4 Å². The van der Waals surface area contributed by atoms with E-state index in [1.165, 1.54) is 11.1 Å². The molecule has 164 valence electrons.